The molecule has 0 radical (unpaired) electrons. The van der Waals surface area contributed by atoms with E-state index in [0.29, 0.717) is 0 Å². The van der Waals surface area contributed by atoms with Gasteiger partial charge < -0.3 is 9.84 Å². The van der Waals surface area contributed by atoms with Gasteiger partial charge in [-0.3, -0.25) is 4.90 Å². The van der Waals surface area contributed by atoms with Crippen molar-refractivity contribution in [2.45, 2.75) is 25.6 Å². The van der Waals surface area contributed by atoms with Crippen LogP contribution in [-0.4, -0.2) is 28.1 Å². The maximum Gasteiger partial charge on any atom is 0.411 e. The second-order valence-electron chi connectivity index (χ2n) is 5.64. The summed E-state index contributed by atoms with van der Waals surface area (Å²) in [7, 11) is 0. The van der Waals surface area contributed by atoms with Crippen LogP contribution in [0.25, 0.3) is 0 Å². The largest absolute Gasteiger partial charge is 0.480 e. The highest BCUT2D eigenvalue weighted by Crippen LogP contribution is 2.27. The zero-order chi connectivity index (χ0) is 17.1. The molecule has 2 aromatic carbocycles. The maximum atomic E-state index is 12.4. The van der Waals surface area contributed by atoms with Crippen LogP contribution in [0.2, 0.25) is 0 Å². The van der Waals surface area contributed by atoms with Gasteiger partial charge in [-0.15, -0.1) is 0 Å². The van der Waals surface area contributed by atoms with E-state index >= 15 is 0 Å². The third kappa shape index (κ3) is 3.59. The lowest BCUT2D eigenvalue weighted by Crippen LogP contribution is -2.48. The van der Waals surface area contributed by atoms with Crippen molar-refractivity contribution in [2.24, 2.45) is 0 Å². The number of hydrogen-bond acceptors (Lipinski definition) is 3. The van der Waals surface area contributed by atoms with Crippen LogP contribution in [0.3, 0.4) is 0 Å². The number of amides is 1. The second kappa shape index (κ2) is 7.05. The minimum absolute atomic E-state index is 0.119. The molecule has 124 valence electrons. The van der Waals surface area contributed by atoms with E-state index in [-0.39, 0.29) is 19.6 Å². The topological polar surface area (TPSA) is 66.8 Å². The Morgan fingerprint density at radius 1 is 1.17 bits per heavy atom. The average molecular weight is 390 g/mol. The molecule has 3 rings (SSSR count). The van der Waals surface area contributed by atoms with Gasteiger partial charge in [-0.1, -0.05) is 52.3 Å². The lowest BCUT2D eigenvalue weighted by Gasteiger charge is -2.33. The SMILES string of the molecule is O=C(O)C1Cc2ccc(Br)cc2CN1C(=O)OCc1ccccc1. The minimum Gasteiger partial charge on any atom is -0.480 e. The minimum atomic E-state index is -1.03. The number of fused-ring (bicyclic) bond motifs is 1. The number of halogens is 1. The van der Waals surface area contributed by atoms with Crippen molar-refractivity contribution in [3.63, 3.8) is 0 Å². The van der Waals surface area contributed by atoms with E-state index in [4.69, 9.17) is 4.74 Å². The monoisotopic (exact) mass is 389 g/mol. The van der Waals surface area contributed by atoms with Crippen molar-refractivity contribution >= 4 is 28.0 Å². The van der Waals surface area contributed by atoms with Crippen molar-refractivity contribution in [3.05, 3.63) is 69.7 Å². The molecule has 0 aliphatic carbocycles. The third-order valence-electron chi connectivity index (χ3n) is 4.02. The Labute approximate surface area is 148 Å². The van der Waals surface area contributed by atoms with E-state index in [1.165, 1.54) is 4.90 Å². The summed E-state index contributed by atoms with van der Waals surface area (Å²) in [5.41, 5.74) is 2.73. The number of carbonyl (C=O) groups excluding carboxylic acids is 1. The van der Waals surface area contributed by atoms with E-state index in [1.807, 2.05) is 48.5 Å². The fourth-order valence-corrected chi connectivity index (χ4v) is 3.18. The highest BCUT2D eigenvalue weighted by molar-refractivity contribution is 9.10. The molecule has 1 amide bonds. The smallest absolute Gasteiger partial charge is 0.411 e. The van der Waals surface area contributed by atoms with Gasteiger partial charge in [0.15, 0.2) is 0 Å². The Bertz CT molecular complexity index is 763. The van der Waals surface area contributed by atoms with Gasteiger partial charge in [0.05, 0.1) is 6.54 Å². The van der Waals surface area contributed by atoms with Gasteiger partial charge in [0.2, 0.25) is 0 Å². The van der Waals surface area contributed by atoms with Crippen LogP contribution in [0.15, 0.2) is 53.0 Å². The highest BCUT2D eigenvalue weighted by Gasteiger charge is 2.35. The fourth-order valence-electron chi connectivity index (χ4n) is 2.77. The summed E-state index contributed by atoms with van der Waals surface area (Å²) in [4.78, 5) is 25.2. The van der Waals surface area contributed by atoms with Gasteiger partial charge >= 0.3 is 12.1 Å². The number of nitrogens with zero attached hydrogens (tertiary/aromatic N) is 1. The van der Waals surface area contributed by atoms with Gasteiger partial charge in [-0.2, -0.15) is 0 Å². The first-order valence-corrected chi connectivity index (χ1v) is 8.31. The summed E-state index contributed by atoms with van der Waals surface area (Å²) in [5.74, 6) is -1.03. The van der Waals surface area contributed by atoms with E-state index < -0.39 is 18.1 Å². The van der Waals surface area contributed by atoms with Crippen molar-refractivity contribution in [1.82, 2.24) is 4.90 Å². The molecule has 0 saturated carbocycles. The van der Waals surface area contributed by atoms with Crippen molar-refractivity contribution in [1.29, 1.82) is 0 Å². The predicted octanol–water partition coefficient (Wildman–Crippen LogP) is 3.60. The van der Waals surface area contributed by atoms with Gasteiger partial charge in [0.25, 0.3) is 0 Å². The van der Waals surface area contributed by atoms with Crippen molar-refractivity contribution < 1.29 is 19.4 Å². The lowest BCUT2D eigenvalue weighted by molar-refractivity contribution is -0.143. The zero-order valence-electron chi connectivity index (χ0n) is 12.8. The molecule has 1 heterocycles. The summed E-state index contributed by atoms with van der Waals surface area (Å²) in [5, 5.41) is 9.46. The Balaban J connectivity index is 1.76. The number of hydrogen-bond donors (Lipinski definition) is 1. The summed E-state index contributed by atoms with van der Waals surface area (Å²) in [6.45, 7) is 0.340. The molecule has 5 nitrogen and oxygen atoms in total. The van der Waals surface area contributed by atoms with Gasteiger partial charge in [-0.05, 0) is 28.8 Å². The molecule has 1 aliphatic heterocycles. The molecular weight excluding hydrogens is 374 g/mol. The normalized spacial score (nSPS) is 16.4. The number of benzene rings is 2. The van der Waals surface area contributed by atoms with E-state index in [1.54, 1.807) is 0 Å². The highest BCUT2D eigenvalue weighted by atomic mass is 79.9. The molecule has 0 aromatic heterocycles. The number of carboxylic acids is 1. The van der Waals surface area contributed by atoms with Gasteiger partial charge in [-0.25, -0.2) is 9.59 Å². The average Bonchev–Trinajstić information content (AvgIpc) is 2.59. The molecule has 2 aromatic rings. The number of carboxylic acid groups (broad SMARTS) is 1. The van der Waals surface area contributed by atoms with Gasteiger partial charge in [0.1, 0.15) is 12.6 Å². The molecule has 1 N–H and O–H groups in total. The van der Waals surface area contributed by atoms with E-state index in [2.05, 4.69) is 15.9 Å². The third-order valence-corrected chi connectivity index (χ3v) is 4.52. The maximum absolute atomic E-state index is 12.4. The molecular formula is C18H16BrNO4. The summed E-state index contributed by atoms with van der Waals surface area (Å²) in [6.07, 6.45) is -0.338. The van der Waals surface area contributed by atoms with Crippen LogP contribution in [0.5, 0.6) is 0 Å². The second-order valence-corrected chi connectivity index (χ2v) is 6.55. The van der Waals surface area contributed by atoms with Crippen molar-refractivity contribution in [3.8, 4) is 0 Å². The zero-order valence-corrected chi connectivity index (χ0v) is 14.4. The first-order chi connectivity index (χ1) is 11.5. The lowest BCUT2D eigenvalue weighted by atomic mass is 9.94. The molecule has 6 heteroatoms. The Kier molecular flexibility index (Phi) is 4.85. The van der Waals surface area contributed by atoms with Crippen LogP contribution in [0.1, 0.15) is 16.7 Å². The van der Waals surface area contributed by atoms with Crippen LogP contribution in [0, 0.1) is 0 Å². The predicted molar refractivity (Wildman–Crippen MR) is 91.4 cm³/mol. The Morgan fingerprint density at radius 2 is 1.92 bits per heavy atom. The molecule has 0 bridgehead atoms. The quantitative estimate of drug-likeness (QED) is 0.870. The number of rotatable bonds is 3. The van der Waals surface area contributed by atoms with Crippen LogP contribution >= 0.6 is 15.9 Å². The summed E-state index contributed by atoms with van der Waals surface area (Å²) < 4.78 is 6.20. The molecule has 0 fully saturated rings. The summed E-state index contributed by atoms with van der Waals surface area (Å²) in [6, 6.07) is 14.1. The molecule has 24 heavy (non-hydrogen) atoms. The first kappa shape index (κ1) is 16.5. The molecule has 1 atom stereocenters. The molecule has 0 spiro atoms. The van der Waals surface area contributed by atoms with Gasteiger partial charge in [0, 0.05) is 10.9 Å². The van der Waals surface area contributed by atoms with Crippen LogP contribution in [0.4, 0.5) is 4.79 Å². The Morgan fingerprint density at radius 3 is 2.62 bits per heavy atom. The Hall–Kier alpha value is -2.34. The molecule has 0 saturated heterocycles. The summed E-state index contributed by atoms with van der Waals surface area (Å²) >= 11 is 3.40. The van der Waals surface area contributed by atoms with Crippen molar-refractivity contribution in [2.75, 3.05) is 0 Å². The molecule has 1 aliphatic rings. The molecule has 1 unspecified atom stereocenters. The number of ether oxygens (including phenoxy) is 1. The fraction of sp³-hybridized carbons (Fsp3) is 0.222. The number of carbonyl (C=O) groups is 2. The number of aliphatic carboxylic acids is 1. The van der Waals surface area contributed by atoms with Crippen LogP contribution in [-0.2, 0) is 29.1 Å². The van der Waals surface area contributed by atoms with E-state index in [0.717, 1.165) is 21.2 Å². The van der Waals surface area contributed by atoms with E-state index in [9.17, 15) is 14.7 Å². The van der Waals surface area contributed by atoms with Crippen LogP contribution < -0.4 is 0 Å². The standard InChI is InChI=1S/C18H16BrNO4/c19-15-7-6-13-9-16(17(21)22)20(10-14(13)8-15)18(23)24-11-12-4-2-1-3-5-12/h1-8,16H,9-11H2,(H,21,22). The first-order valence-electron chi connectivity index (χ1n) is 7.52.